The predicted octanol–water partition coefficient (Wildman–Crippen LogP) is 1.32. The Balaban J connectivity index is 2.09. The van der Waals surface area contributed by atoms with Crippen LogP contribution in [0.4, 0.5) is 0 Å². The lowest BCUT2D eigenvalue weighted by Crippen LogP contribution is -2.55. The molecular weight excluding hydrogens is 314 g/mol. The minimum Gasteiger partial charge on any atom is -0.480 e. The average Bonchev–Trinajstić information content (AvgIpc) is 2.86. The van der Waals surface area contributed by atoms with Crippen molar-refractivity contribution in [3.05, 3.63) is 36.0 Å². The SMILES string of the molecule is CC(C)(S)[C@H](NC(=O)[C@@H](N)Cc1c[nH]c2ccccc12)C(=O)O. The minimum absolute atomic E-state index is 0.315. The van der Waals surface area contributed by atoms with Crippen molar-refractivity contribution in [2.75, 3.05) is 0 Å². The number of carbonyl (C=O) groups excluding carboxylic acids is 1. The molecule has 124 valence electrons. The lowest BCUT2D eigenvalue weighted by molar-refractivity contribution is -0.142. The van der Waals surface area contributed by atoms with Crippen molar-refractivity contribution in [3.8, 4) is 0 Å². The fourth-order valence-electron chi connectivity index (χ4n) is 2.42. The Morgan fingerprint density at radius 2 is 2.04 bits per heavy atom. The number of carbonyl (C=O) groups is 2. The number of aromatic amines is 1. The summed E-state index contributed by atoms with van der Waals surface area (Å²) in [5, 5.41) is 12.7. The Kier molecular flexibility index (Phi) is 5.01. The fourth-order valence-corrected chi connectivity index (χ4v) is 2.59. The molecule has 2 atom stereocenters. The van der Waals surface area contributed by atoms with E-state index < -0.39 is 28.7 Å². The molecular formula is C16H21N3O3S. The maximum atomic E-state index is 12.2. The number of hydrogen-bond donors (Lipinski definition) is 5. The number of carboxylic acid groups (broad SMARTS) is 1. The molecule has 0 fully saturated rings. The highest BCUT2D eigenvalue weighted by Crippen LogP contribution is 2.20. The molecule has 0 saturated carbocycles. The van der Waals surface area contributed by atoms with E-state index in [9.17, 15) is 14.7 Å². The van der Waals surface area contributed by atoms with Gasteiger partial charge in [0.2, 0.25) is 5.91 Å². The summed E-state index contributed by atoms with van der Waals surface area (Å²) in [5.74, 6) is -1.65. The van der Waals surface area contributed by atoms with E-state index in [0.717, 1.165) is 16.5 Å². The van der Waals surface area contributed by atoms with Gasteiger partial charge in [-0.1, -0.05) is 18.2 Å². The molecule has 23 heavy (non-hydrogen) atoms. The number of benzene rings is 1. The summed E-state index contributed by atoms with van der Waals surface area (Å²) in [7, 11) is 0. The monoisotopic (exact) mass is 335 g/mol. The minimum atomic E-state index is -1.14. The molecule has 0 unspecified atom stereocenters. The Hall–Kier alpha value is -1.99. The number of rotatable bonds is 6. The standard InChI is InChI=1S/C16H21N3O3S/c1-16(2,23)13(15(21)22)19-14(20)11(17)7-9-8-18-12-6-4-3-5-10(9)12/h3-6,8,11,13,18,23H,7,17H2,1-2H3,(H,19,20)(H,21,22)/t11-,13+/m0/s1. The number of fused-ring (bicyclic) bond motifs is 1. The molecule has 0 bridgehead atoms. The van der Waals surface area contributed by atoms with Crippen molar-refractivity contribution >= 4 is 35.4 Å². The van der Waals surface area contributed by atoms with Crippen LogP contribution < -0.4 is 11.1 Å². The number of nitrogens with two attached hydrogens (primary N) is 1. The Bertz CT molecular complexity index is 721. The van der Waals surface area contributed by atoms with Gasteiger partial charge in [-0.2, -0.15) is 12.6 Å². The number of hydrogen-bond acceptors (Lipinski definition) is 4. The van der Waals surface area contributed by atoms with Gasteiger partial charge in [-0.3, -0.25) is 4.79 Å². The summed E-state index contributed by atoms with van der Waals surface area (Å²) in [5.41, 5.74) is 7.83. The second-order valence-corrected chi connectivity index (χ2v) is 7.26. The highest BCUT2D eigenvalue weighted by Gasteiger charge is 2.34. The van der Waals surface area contributed by atoms with Crippen LogP contribution in [-0.2, 0) is 16.0 Å². The largest absolute Gasteiger partial charge is 0.480 e. The van der Waals surface area contributed by atoms with Crippen LogP contribution in [0.25, 0.3) is 10.9 Å². The molecule has 2 aromatic rings. The Morgan fingerprint density at radius 3 is 2.65 bits per heavy atom. The zero-order chi connectivity index (χ0) is 17.2. The van der Waals surface area contributed by atoms with Gasteiger partial charge in [0.1, 0.15) is 6.04 Å². The number of aliphatic carboxylic acids is 1. The highest BCUT2D eigenvalue weighted by atomic mass is 32.1. The number of thiol groups is 1. The maximum Gasteiger partial charge on any atom is 0.327 e. The van der Waals surface area contributed by atoms with E-state index >= 15 is 0 Å². The first kappa shape index (κ1) is 17.4. The first-order valence-corrected chi connectivity index (χ1v) is 7.71. The van der Waals surface area contributed by atoms with Crippen LogP contribution in [0.1, 0.15) is 19.4 Å². The summed E-state index contributed by atoms with van der Waals surface area (Å²) in [6.45, 7) is 3.25. The fraction of sp³-hybridized carbons (Fsp3) is 0.375. The van der Waals surface area contributed by atoms with Crippen molar-refractivity contribution in [2.45, 2.75) is 37.1 Å². The first-order chi connectivity index (χ1) is 10.7. The molecule has 0 aliphatic rings. The lowest BCUT2D eigenvalue weighted by Gasteiger charge is -2.27. The van der Waals surface area contributed by atoms with Crippen LogP contribution in [0.3, 0.4) is 0 Å². The molecule has 2 rings (SSSR count). The molecule has 6 nitrogen and oxygen atoms in total. The van der Waals surface area contributed by atoms with Gasteiger partial charge in [0.05, 0.1) is 6.04 Å². The normalized spacial score (nSPS) is 14.4. The summed E-state index contributed by atoms with van der Waals surface area (Å²) in [6.07, 6.45) is 2.13. The second kappa shape index (κ2) is 6.64. The third-order valence-electron chi connectivity index (χ3n) is 3.69. The summed E-state index contributed by atoms with van der Waals surface area (Å²) in [6, 6.07) is 5.76. The Labute approximate surface area is 139 Å². The first-order valence-electron chi connectivity index (χ1n) is 7.26. The maximum absolute atomic E-state index is 12.2. The highest BCUT2D eigenvalue weighted by molar-refractivity contribution is 7.81. The van der Waals surface area contributed by atoms with Crippen LogP contribution in [0, 0.1) is 0 Å². The van der Waals surface area contributed by atoms with Gasteiger partial charge < -0.3 is 21.1 Å². The van der Waals surface area contributed by atoms with Gasteiger partial charge in [0, 0.05) is 21.8 Å². The van der Waals surface area contributed by atoms with E-state index in [-0.39, 0.29) is 0 Å². The van der Waals surface area contributed by atoms with Gasteiger partial charge in [-0.25, -0.2) is 4.79 Å². The van der Waals surface area contributed by atoms with Crippen molar-refractivity contribution in [1.82, 2.24) is 10.3 Å². The molecule has 1 aromatic carbocycles. The van der Waals surface area contributed by atoms with Crippen LogP contribution in [0.5, 0.6) is 0 Å². The molecule has 1 heterocycles. The van der Waals surface area contributed by atoms with Gasteiger partial charge in [0.15, 0.2) is 0 Å². The van der Waals surface area contributed by atoms with Gasteiger partial charge in [0.25, 0.3) is 0 Å². The third-order valence-corrected chi connectivity index (χ3v) is 3.95. The molecule has 0 spiro atoms. The van der Waals surface area contributed by atoms with Crippen molar-refractivity contribution in [2.24, 2.45) is 5.73 Å². The van der Waals surface area contributed by atoms with Gasteiger partial charge in [-0.15, -0.1) is 0 Å². The number of para-hydroxylation sites is 1. The number of amides is 1. The van der Waals surface area contributed by atoms with Crippen LogP contribution in [-0.4, -0.2) is 38.8 Å². The summed E-state index contributed by atoms with van der Waals surface area (Å²) < 4.78 is -0.901. The third kappa shape index (κ3) is 4.05. The number of nitrogens with one attached hydrogen (secondary N) is 2. The molecule has 1 aromatic heterocycles. The smallest absolute Gasteiger partial charge is 0.327 e. The van der Waals surface area contributed by atoms with Crippen LogP contribution in [0.2, 0.25) is 0 Å². The summed E-state index contributed by atoms with van der Waals surface area (Å²) in [4.78, 5) is 26.6. The van der Waals surface area contributed by atoms with Crippen LogP contribution in [0.15, 0.2) is 30.5 Å². The average molecular weight is 335 g/mol. The van der Waals surface area contributed by atoms with E-state index in [1.165, 1.54) is 0 Å². The molecule has 0 aliphatic carbocycles. The van der Waals surface area contributed by atoms with E-state index in [4.69, 9.17) is 5.73 Å². The summed E-state index contributed by atoms with van der Waals surface area (Å²) >= 11 is 4.23. The van der Waals surface area contributed by atoms with Crippen molar-refractivity contribution in [1.29, 1.82) is 0 Å². The lowest BCUT2D eigenvalue weighted by atomic mass is 10.0. The molecule has 5 N–H and O–H groups in total. The van der Waals surface area contributed by atoms with Gasteiger partial charge in [-0.05, 0) is 31.9 Å². The number of H-pyrrole nitrogens is 1. The van der Waals surface area contributed by atoms with Crippen LogP contribution >= 0.6 is 12.6 Å². The van der Waals surface area contributed by atoms with E-state index in [1.807, 2.05) is 30.5 Å². The van der Waals surface area contributed by atoms with Gasteiger partial charge >= 0.3 is 5.97 Å². The molecule has 1 amide bonds. The Morgan fingerprint density at radius 1 is 1.39 bits per heavy atom. The topological polar surface area (TPSA) is 108 Å². The quantitative estimate of drug-likeness (QED) is 0.513. The van der Waals surface area contributed by atoms with E-state index in [1.54, 1.807) is 13.8 Å². The van der Waals surface area contributed by atoms with Crippen molar-refractivity contribution < 1.29 is 14.7 Å². The molecule has 0 radical (unpaired) electrons. The second-order valence-electron chi connectivity index (χ2n) is 6.10. The number of carboxylic acids is 1. The zero-order valence-corrected chi connectivity index (χ0v) is 13.9. The van der Waals surface area contributed by atoms with E-state index in [0.29, 0.717) is 6.42 Å². The van der Waals surface area contributed by atoms with E-state index in [2.05, 4.69) is 22.9 Å². The molecule has 0 saturated heterocycles. The molecule has 7 heteroatoms. The number of aromatic nitrogens is 1. The van der Waals surface area contributed by atoms with Crippen molar-refractivity contribution in [3.63, 3.8) is 0 Å². The molecule has 0 aliphatic heterocycles. The zero-order valence-electron chi connectivity index (χ0n) is 13.0. The predicted molar refractivity (Wildman–Crippen MR) is 92.6 cm³/mol.